The number of nitrogens with zero attached hydrogens (tertiary/aromatic N) is 1. The molecule has 0 unspecified atom stereocenters. The summed E-state index contributed by atoms with van der Waals surface area (Å²) < 4.78 is 5.08. The van der Waals surface area contributed by atoms with Crippen molar-refractivity contribution in [3.05, 3.63) is 59.8 Å². The van der Waals surface area contributed by atoms with Gasteiger partial charge in [0.1, 0.15) is 0 Å². The van der Waals surface area contributed by atoms with Crippen molar-refractivity contribution in [1.82, 2.24) is 4.98 Å². The van der Waals surface area contributed by atoms with Gasteiger partial charge in [0.15, 0.2) is 11.5 Å². The van der Waals surface area contributed by atoms with Crippen molar-refractivity contribution in [1.29, 1.82) is 0 Å². The number of benzene rings is 2. The number of phenolic OH excluding ortho intramolecular Hbond substituents is 1. The lowest BCUT2D eigenvalue weighted by molar-refractivity contribution is 0.373. The number of aromatic nitrogens is 1. The Hall–Kier alpha value is -2.75. The first kappa shape index (κ1) is 14.2. The summed E-state index contributed by atoms with van der Waals surface area (Å²) in [4.78, 5) is 7.67. The van der Waals surface area contributed by atoms with E-state index in [4.69, 9.17) is 4.74 Å². The van der Waals surface area contributed by atoms with E-state index in [0.29, 0.717) is 17.9 Å². The number of methoxy groups -OCH3 is 1. The molecule has 0 saturated carbocycles. The zero-order valence-electron chi connectivity index (χ0n) is 12.4. The van der Waals surface area contributed by atoms with Gasteiger partial charge in [-0.3, -0.25) is 4.99 Å². The number of ether oxygens (including phenoxy) is 1. The smallest absolute Gasteiger partial charge is 0.166 e. The Morgan fingerprint density at radius 2 is 2.05 bits per heavy atom. The first-order valence-electron chi connectivity index (χ1n) is 7.20. The number of H-pyrrole nitrogens is 1. The Morgan fingerprint density at radius 3 is 2.91 bits per heavy atom. The standard InChI is InChI=1S/C18H18N2O2/c1-22-17-8-4-5-14(18(17)21)11-19-10-9-13-12-20-16-7-3-2-6-15(13)16/h2-8,11-12,20-21H,9-10H2,1H3. The summed E-state index contributed by atoms with van der Waals surface area (Å²) in [7, 11) is 1.53. The zero-order chi connectivity index (χ0) is 15.4. The monoisotopic (exact) mass is 294 g/mol. The van der Waals surface area contributed by atoms with E-state index < -0.39 is 0 Å². The largest absolute Gasteiger partial charge is 0.504 e. The molecule has 0 radical (unpaired) electrons. The minimum atomic E-state index is 0.126. The summed E-state index contributed by atoms with van der Waals surface area (Å²) in [6, 6.07) is 13.6. The molecule has 4 nitrogen and oxygen atoms in total. The molecule has 0 spiro atoms. The molecule has 0 saturated heterocycles. The fourth-order valence-corrected chi connectivity index (χ4v) is 2.49. The molecular formula is C18H18N2O2. The van der Waals surface area contributed by atoms with Crippen LogP contribution in [0.15, 0.2) is 53.7 Å². The summed E-state index contributed by atoms with van der Waals surface area (Å²) >= 11 is 0. The van der Waals surface area contributed by atoms with Crippen LogP contribution < -0.4 is 4.74 Å². The molecule has 4 heteroatoms. The Labute approximate surface area is 129 Å². The molecular weight excluding hydrogens is 276 g/mol. The molecule has 3 aromatic rings. The van der Waals surface area contributed by atoms with Crippen LogP contribution >= 0.6 is 0 Å². The first-order valence-corrected chi connectivity index (χ1v) is 7.20. The molecule has 0 aliphatic rings. The SMILES string of the molecule is COc1cccc(C=NCCc2c[nH]c3ccccc23)c1O. The van der Waals surface area contributed by atoms with Gasteiger partial charge in [0, 0.05) is 35.4 Å². The van der Waals surface area contributed by atoms with Crippen molar-refractivity contribution in [2.75, 3.05) is 13.7 Å². The van der Waals surface area contributed by atoms with Crippen LogP contribution in [-0.2, 0) is 6.42 Å². The topological polar surface area (TPSA) is 57.6 Å². The normalized spacial score (nSPS) is 11.3. The lowest BCUT2D eigenvalue weighted by Crippen LogP contribution is -1.91. The van der Waals surface area contributed by atoms with Crippen LogP contribution in [0.1, 0.15) is 11.1 Å². The summed E-state index contributed by atoms with van der Waals surface area (Å²) in [5, 5.41) is 11.2. The van der Waals surface area contributed by atoms with Crippen molar-refractivity contribution < 1.29 is 9.84 Å². The highest BCUT2D eigenvalue weighted by Gasteiger charge is 2.05. The number of nitrogens with one attached hydrogen (secondary N) is 1. The van der Waals surface area contributed by atoms with Gasteiger partial charge in [0.25, 0.3) is 0 Å². The fraction of sp³-hybridized carbons (Fsp3) is 0.167. The van der Waals surface area contributed by atoms with E-state index in [1.165, 1.54) is 18.1 Å². The third-order valence-electron chi connectivity index (χ3n) is 3.67. The predicted molar refractivity (Wildman–Crippen MR) is 89.1 cm³/mol. The second-order valence-corrected chi connectivity index (χ2v) is 5.04. The first-order chi connectivity index (χ1) is 10.8. The summed E-state index contributed by atoms with van der Waals surface area (Å²) in [6.07, 6.45) is 4.57. The van der Waals surface area contributed by atoms with Gasteiger partial charge in [0.2, 0.25) is 0 Å². The Morgan fingerprint density at radius 1 is 1.18 bits per heavy atom. The maximum atomic E-state index is 9.99. The van der Waals surface area contributed by atoms with Crippen LogP contribution in [0.25, 0.3) is 10.9 Å². The molecule has 0 fully saturated rings. The highest BCUT2D eigenvalue weighted by Crippen LogP contribution is 2.28. The Bertz CT molecular complexity index is 806. The molecule has 2 N–H and O–H groups in total. The molecule has 0 amide bonds. The molecule has 0 aliphatic heterocycles. The number of aliphatic imine (C=N–C) groups is 1. The highest BCUT2D eigenvalue weighted by atomic mass is 16.5. The summed E-state index contributed by atoms with van der Waals surface area (Å²) in [5.74, 6) is 0.585. The number of aromatic hydroxyl groups is 1. The minimum Gasteiger partial charge on any atom is -0.504 e. The van der Waals surface area contributed by atoms with Crippen molar-refractivity contribution in [3.63, 3.8) is 0 Å². The highest BCUT2D eigenvalue weighted by molar-refractivity contribution is 5.85. The van der Waals surface area contributed by atoms with Crippen molar-refractivity contribution in [2.45, 2.75) is 6.42 Å². The van der Waals surface area contributed by atoms with Gasteiger partial charge in [0.05, 0.1) is 7.11 Å². The van der Waals surface area contributed by atoms with Gasteiger partial charge in [-0.15, -0.1) is 0 Å². The predicted octanol–water partition coefficient (Wildman–Crippen LogP) is 3.54. The maximum absolute atomic E-state index is 9.99. The van der Waals surface area contributed by atoms with Crippen LogP contribution in [-0.4, -0.2) is 30.0 Å². The Kier molecular flexibility index (Phi) is 4.10. The zero-order valence-corrected chi connectivity index (χ0v) is 12.4. The minimum absolute atomic E-state index is 0.126. The van der Waals surface area contributed by atoms with E-state index in [1.807, 2.05) is 30.5 Å². The number of hydrogen-bond acceptors (Lipinski definition) is 3. The molecule has 0 bridgehead atoms. The number of hydrogen-bond donors (Lipinski definition) is 2. The number of aromatic amines is 1. The van der Waals surface area contributed by atoms with Gasteiger partial charge in [-0.05, 0) is 30.2 Å². The quantitative estimate of drug-likeness (QED) is 0.707. The molecule has 1 aromatic heterocycles. The molecule has 1 heterocycles. The molecule has 0 aliphatic carbocycles. The maximum Gasteiger partial charge on any atom is 0.166 e. The van der Waals surface area contributed by atoms with Crippen LogP contribution in [0.4, 0.5) is 0 Å². The summed E-state index contributed by atoms with van der Waals surface area (Å²) in [6.45, 7) is 0.665. The van der Waals surface area contributed by atoms with Crippen LogP contribution in [0.5, 0.6) is 11.5 Å². The fourth-order valence-electron chi connectivity index (χ4n) is 2.49. The van der Waals surface area contributed by atoms with Crippen molar-refractivity contribution >= 4 is 17.1 Å². The number of phenols is 1. The summed E-state index contributed by atoms with van der Waals surface area (Å²) in [5.41, 5.74) is 3.06. The number of fused-ring (bicyclic) bond motifs is 1. The lowest BCUT2D eigenvalue weighted by Gasteiger charge is -2.04. The average molecular weight is 294 g/mol. The number of para-hydroxylation sites is 2. The van der Waals surface area contributed by atoms with Gasteiger partial charge in [-0.1, -0.05) is 24.3 Å². The second-order valence-electron chi connectivity index (χ2n) is 5.04. The lowest BCUT2D eigenvalue weighted by atomic mass is 10.1. The molecule has 112 valence electrons. The van der Waals surface area contributed by atoms with Crippen LogP contribution in [0.2, 0.25) is 0 Å². The van der Waals surface area contributed by atoms with Crippen LogP contribution in [0.3, 0.4) is 0 Å². The number of rotatable bonds is 5. The van der Waals surface area contributed by atoms with E-state index in [-0.39, 0.29) is 5.75 Å². The third-order valence-corrected chi connectivity index (χ3v) is 3.67. The molecule has 22 heavy (non-hydrogen) atoms. The van der Waals surface area contributed by atoms with E-state index in [2.05, 4.69) is 22.1 Å². The Balaban J connectivity index is 1.68. The molecule has 0 atom stereocenters. The van der Waals surface area contributed by atoms with Crippen molar-refractivity contribution in [2.24, 2.45) is 4.99 Å². The third kappa shape index (κ3) is 2.81. The van der Waals surface area contributed by atoms with Crippen molar-refractivity contribution in [3.8, 4) is 11.5 Å². The van der Waals surface area contributed by atoms with Gasteiger partial charge < -0.3 is 14.8 Å². The van der Waals surface area contributed by atoms with E-state index >= 15 is 0 Å². The van der Waals surface area contributed by atoms with E-state index in [9.17, 15) is 5.11 Å². The van der Waals surface area contributed by atoms with E-state index in [0.717, 1.165) is 11.9 Å². The second kappa shape index (κ2) is 6.35. The van der Waals surface area contributed by atoms with Gasteiger partial charge in [-0.25, -0.2) is 0 Å². The van der Waals surface area contributed by atoms with Gasteiger partial charge >= 0.3 is 0 Å². The van der Waals surface area contributed by atoms with Crippen LogP contribution in [0, 0.1) is 0 Å². The molecule has 3 rings (SSSR count). The van der Waals surface area contributed by atoms with Gasteiger partial charge in [-0.2, -0.15) is 0 Å². The average Bonchev–Trinajstić information content (AvgIpc) is 2.96. The molecule has 2 aromatic carbocycles. The van der Waals surface area contributed by atoms with E-state index in [1.54, 1.807) is 12.3 Å².